The van der Waals surface area contributed by atoms with Crippen LogP contribution < -0.4 is 5.32 Å². The molecule has 0 radical (unpaired) electrons. The highest BCUT2D eigenvalue weighted by Crippen LogP contribution is 2.23. The monoisotopic (exact) mass is 404 g/mol. The molecule has 1 aromatic heterocycles. The predicted molar refractivity (Wildman–Crippen MR) is 117 cm³/mol. The van der Waals surface area contributed by atoms with E-state index < -0.39 is 0 Å². The maximum absolute atomic E-state index is 12.7. The summed E-state index contributed by atoms with van der Waals surface area (Å²) in [6.45, 7) is 3.19. The molecule has 148 valence electrons. The zero-order chi connectivity index (χ0) is 20.2. The van der Waals surface area contributed by atoms with E-state index in [0.717, 1.165) is 24.0 Å². The van der Waals surface area contributed by atoms with Gasteiger partial charge in [-0.1, -0.05) is 60.2 Å². The van der Waals surface area contributed by atoms with E-state index in [1.54, 1.807) is 4.90 Å². The number of likely N-dealkylation sites (tertiary alicyclic amines) is 1. The molecule has 29 heavy (non-hydrogen) atoms. The van der Waals surface area contributed by atoms with Crippen LogP contribution in [0.25, 0.3) is 11.1 Å². The van der Waals surface area contributed by atoms with E-state index in [0.29, 0.717) is 18.0 Å². The van der Waals surface area contributed by atoms with Gasteiger partial charge in [0.1, 0.15) is 6.04 Å². The van der Waals surface area contributed by atoms with Gasteiger partial charge in [-0.2, -0.15) is 0 Å². The highest BCUT2D eigenvalue weighted by atomic mass is 32.1. The van der Waals surface area contributed by atoms with Gasteiger partial charge < -0.3 is 10.2 Å². The first kappa shape index (κ1) is 19.4. The Kier molecular flexibility index (Phi) is 5.76. The topological polar surface area (TPSA) is 49.4 Å². The molecule has 0 spiro atoms. The Labute approximate surface area is 175 Å². The minimum atomic E-state index is -0.379. The average molecular weight is 405 g/mol. The lowest BCUT2D eigenvalue weighted by Gasteiger charge is -2.23. The number of carbonyl (C=O) groups excluding carboxylic acids is 2. The van der Waals surface area contributed by atoms with Crippen LogP contribution in [0.1, 0.15) is 33.6 Å². The van der Waals surface area contributed by atoms with Crippen molar-refractivity contribution in [3.8, 4) is 11.1 Å². The summed E-state index contributed by atoms with van der Waals surface area (Å²) in [7, 11) is 0. The molecule has 3 aromatic rings. The van der Waals surface area contributed by atoms with Gasteiger partial charge in [0.05, 0.1) is 4.88 Å². The van der Waals surface area contributed by atoms with Gasteiger partial charge in [-0.15, -0.1) is 11.3 Å². The minimum Gasteiger partial charge on any atom is -0.350 e. The molecule has 2 heterocycles. The van der Waals surface area contributed by atoms with Crippen molar-refractivity contribution in [2.24, 2.45) is 0 Å². The van der Waals surface area contributed by atoms with Crippen LogP contribution in [0, 0.1) is 6.92 Å². The Morgan fingerprint density at radius 1 is 1.07 bits per heavy atom. The number of carbonyl (C=O) groups is 2. The van der Waals surface area contributed by atoms with Crippen LogP contribution in [0.3, 0.4) is 0 Å². The molecule has 0 aliphatic carbocycles. The lowest BCUT2D eigenvalue weighted by molar-refractivity contribution is -0.125. The number of hydrogen-bond acceptors (Lipinski definition) is 3. The van der Waals surface area contributed by atoms with Crippen LogP contribution in [0.2, 0.25) is 0 Å². The molecule has 1 N–H and O–H groups in total. The Morgan fingerprint density at radius 3 is 2.62 bits per heavy atom. The third kappa shape index (κ3) is 4.40. The zero-order valence-corrected chi connectivity index (χ0v) is 17.2. The molecule has 1 fully saturated rings. The first-order chi connectivity index (χ1) is 14.1. The quantitative estimate of drug-likeness (QED) is 0.673. The molecule has 0 bridgehead atoms. The van der Waals surface area contributed by atoms with Crippen molar-refractivity contribution in [1.82, 2.24) is 10.2 Å². The number of nitrogens with zero attached hydrogens (tertiary/aromatic N) is 1. The normalized spacial score (nSPS) is 16.0. The fourth-order valence-electron chi connectivity index (χ4n) is 3.77. The molecule has 2 aromatic carbocycles. The summed E-state index contributed by atoms with van der Waals surface area (Å²) in [5, 5.41) is 4.90. The molecule has 1 saturated heterocycles. The summed E-state index contributed by atoms with van der Waals surface area (Å²) in [5.74, 6) is -0.115. The van der Waals surface area contributed by atoms with Crippen LogP contribution in [-0.4, -0.2) is 29.3 Å². The molecule has 1 aliphatic rings. The second-order valence-electron chi connectivity index (χ2n) is 7.42. The van der Waals surface area contributed by atoms with E-state index in [4.69, 9.17) is 0 Å². The van der Waals surface area contributed by atoms with E-state index in [2.05, 4.69) is 48.6 Å². The number of rotatable bonds is 5. The number of hydrogen-bond donors (Lipinski definition) is 1. The Bertz CT molecular complexity index is 996. The standard InChI is InChI=1S/C24H24N2O2S/c1-17-5-2-6-20(15-17)19-11-9-18(10-12-19)16-25-23(27)21-7-3-13-26(21)24(28)22-8-4-14-29-22/h2,4-6,8-12,14-15,21H,3,7,13,16H2,1H3,(H,25,27)/t21-/m0/s1. The second-order valence-corrected chi connectivity index (χ2v) is 8.37. The smallest absolute Gasteiger partial charge is 0.264 e. The lowest BCUT2D eigenvalue weighted by Crippen LogP contribution is -2.45. The van der Waals surface area contributed by atoms with E-state index in [1.165, 1.54) is 22.5 Å². The van der Waals surface area contributed by atoms with Crippen molar-refractivity contribution in [3.63, 3.8) is 0 Å². The van der Waals surface area contributed by atoms with E-state index in [9.17, 15) is 9.59 Å². The molecule has 2 amide bonds. The van der Waals surface area contributed by atoms with Crippen molar-refractivity contribution in [3.05, 3.63) is 82.0 Å². The second kappa shape index (κ2) is 8.62. The molecule has 1 aliphatic heterocycles. The molecule has 4 nitrogen and oxygen atoms in total. The lowest BCUT2D eigenvalue weighted by atomic mass is 10.0. The third-order valence-corrected chi connectivity index (χ3v) is 6.18. The van der Waals surface area contributed by atoms with Crippen molar-refractivity contribution >= 4 is 23.2 Å². The van der Waals surface area contributed by atoms with Crippen molar-refractivity contribution in [2.45, 2.75) is 32.4 Å². The Balaban J connectivity index is 1.37. The van der Waals surface area contributed by atoms with Gasteiger partial charge in [0.15, 0.2) is 0 Å². The van der Waals surface area contributed by atoms with Gasteiger partial charge in [-0.05, 0) is 47.9 Å². The summed E-state index contributed by atoms with van der Waals surface area (Å²) in [4.78, 5) is 27.8. The van der Waals surface area contributed by atoms with Crippen LogP contribution >= 0.6 is 11.3 Å². The fourth-order valence-corrected chi connectivity index (χ4v) is 4.45. The number of benzene rings is 2. The van der Waals surface area contributed by atoms with Gasteiger partial charge >= 0.3 is 0 Å². The first-order valence-electron chi connectivity index (χ1n) is 9.90. The average Bonchev–Trinajstić information content (AvgIpc) is 3.44. The van der Waals surface area contributed by atoms with Gasteiger partial charge in [0.25, 0.3) is 5.91 Å². The highest BCUT2D eigenvalue weighted by molar-refractivity contribution is 7.12. The van der Waals surface area contributed by atoms with Crippen molar-refractivity contribution in [2.75, 3.05) is 6.54 Å². The molecule has 0 unspecified atom stereocenters. The van der Waals surface area contributed by atoms with E-state index in [-0.39, 0.29) is 17.9 Å². The maximum Gasteiger partial charge on any atom is 0.264 e. The van der Waals surface area contributed by atoms with Gasteiger partial charge in [-0.25, -0.2) is 0 Å². The van der Waals surface area contributed by atoms with Gasteiger partial charge in [0.2, 0.25) is 5.91 Å². The van der Waals surface area contributed by atoms with Crippen molar-refractivity contribution < 1.29 is 9.59 Å². The summed E-state index contributed by atoms with van der Waals surface area (Å²) in [5.41, 5.74) is 4.63. The molecule has 4 rings (SSSR count). The molecular weight excluding hydrogens is 380 g/mol. The summed E-state index contributed by atoms with van der Waals surface area (Å²) >= 11 is 1.42. The van der Waals surface area contributed by atoms with Crippen LogP contribution in [0.15, 0.2) is 66.0 Å². The van der Waals surface area contributed by atoms with E-state index in [1.807, 2.05) is 29.6 Å². The van der Waals surface area contributed by atoms with Crippen LogP contribution in [-0.2, 0) is 11.3 Å². The highest BCUT2D eigenvalue weighted by Gasteiger charge is 2.34. The molecule has 0 saturated carbocycles. The summed E-state index contributed by atoms with van der Waals surface area (Å²) < 4.78 is 0. The first-order valence-corrected chi connectivity index (χ1v) is 10.8. The number of amides is 2. The molecule has 5 heteroatoms. The van der Waals surface area contributed by atoms with Gasteiger partial charge in [0, 0.05) is 13.1 Å². The van der Waals surface area contributed by atoms with Crippen LogP contribution in [0.5, 0.6) is 0 Å². The maximum atomic E-state index is 12.7. The third-order valence-electron chi connectivity index (χ3n) is 5.32. The predicted octanol–water partition coefficient (Wildman–Crippen LogP) is 4.64. The van der Waals surface area contributed by atoms with E-state index >= 15 is 0 Å². The Morgan fingerprint density at radius 2 is 1.90 bits per heavy atom. The SMILES string of the molecule is Cc1cccc(-c2ccc(CNC(=O)[C@@H]3CCCN3C(=O)c3cccs3)cc2)c1. The zero-order valence-electron chi connectivity index (χ0n) is 16.4. The van der Waals surface area contributed by atoms with Crippen LogP contribution in [0.4, 0.5) is 0 Å². The number of nitrogens with one attached hydrogen (secondary N) is 1. The minimum absolute atomic E-state index is 0.0415. The fraction of sp³-hybridized carbons (Fsp3) is 0.250. The summed E-state index contributed by atoms with van der Waals surface area (Å²) in [6.07, 6.45) is 1.58. The molecule has 1 atom stereocenters. The Hall–Kier alpha value is -2.92. The molecular formula is C24H24N2O2S. The number of aryl methyl sites for hydroxylation is 1. The largest absolute Gasteiger partial charge is 0.350 e. The summed E-state index contributed by atoms with van der Waals surface area (Å²) in [6, 6.07) is 20.0. The van der Waals surface area contributed by atoms with Gasteiger partial charge in [-0.3, -0.25) is 9.59 Å². The van der Waals surface area contributed by atoms with Crippen molar-refractivity contribution in [1.29, 1.82) is 0 Å². The number of thiophene rings is 1.